The topological polar surface area (TPSA) is 247 Å². The van der Waals surface area contributed by atoms with Gasteiger partial charge in [-0.3, -0.25) is 19.3 Å². The van der Waals surface area contributed by atoms with Crippen LogP contribution in [0.2, 0.25) is 0 Å². The van der Waals surface area contributed by atoms with Crippen LogP contribution in [-0.4, -0.2) is 191 Å². The molecule has 3 aliphatic rings. The molecule has 1 fully saturated rings. The van der Waals surface area contributed by atoms with Crippen molar-refractivity contribution in [2.45, 2.75) is 72.5 Å². The van der Waals surface area contributed by atoms with Crippen molar-refractivity contribution < 1.29 is 52.0 Å². The Hall–Kier alpha value is -5.75. The summed E-state index contributed by atoms with van der Waals surface area (Å²) in [4.78, 5) is 61.1. The lowest BCUT2D eigenvalue weighted by atomic mass is 10.0. The van der Waals surface area contributed by atoms with Gasteiger partial charge in [0.05, 0.1) is 96.4 Å². The Morgan fingerprint density at radius 3 is 2.05 bits per heavy atom. The van der Waals surface area contributed by atoms with E-state index in [2.05, 4.69) is 67.8 Å². The Bertz CT molecular complexity index is 2170. The maximum absolute atomic E-state index is 14.1. The minimum Gasteiger partial charge on any atom is -0.379 e. The number of halogens is 1. The molecule has 0 aliphatic carbocycles. The fourth-order valence-electron chi connectivity index (χ4n) is 7.66. The number of likely N-dealkylation sites (N-methyl/N-ethyl adjacent to an activating group) is 3. The summed E-state index contributed by atoms with van der Waals surface area (Å²) >= 11 is 0. The zero-order valence-corrected chi connectivity index (χ0v) is 47.0. The summed E-state index contributed by atoms with van der Waals surface area (Å²) in [6.07, 6.45) is 11.0. The molecule has 432 valence electrons. The Morgan fingerprint density at radius 1 is 0.909 bits per heavy atom. The molecular formula is C56H91FN10O10. The van der Waals surface area contributed by atoms with E-state index in [1.165, 1.54) is 39.8 Å². The standard InChI is InChI=1S/C26H30FN5O.C17H29NO6.C6H13NO.C3H7NO.C3H9N.CH3NO/c1-28-7-9-32-24-6-8-31(17-22(24)21-5-3-19(27)15-25(21)32)20-4-2-18-14-26(29-23(18)16-20)30-10-12-33-13-11-30;1-3-5-8-21-10-12-23-14-15-24-13-11-22-9-7-18(16-19)17(20)6-4-2;1-5(2)6(4-8)7-3;1-4-2-3-5;1-2-3-4;2-1-3/h2-5,15-16,28H,6-14,17H2,1H3;3-4,6,16H,1,5,7-15H2,2H3;4-7H,1-3H3;3-4H,2H2,1H3;2-4H2,1H3;1H,(H2,2,3)/b;6-4-;;;;. The third kappa shape index (κ3) is 27.4. The first-order chi connectivity index (χ1) is 37.4. The SMILES string of the molecule is C=CCCOCCOCCOCCOCCN(C=O)C(=O)/C=C\C.CCCN.CNC(C=O)C(C)C.CNCC=O.CNCCn1c2c(c3ccc(F)cc31)CN(c1ccc3c(c1)N=C(N1CCOCC1)C3)CC2.NC=O. The number of aromatic nitrogens is 1. The number of rotatable bonds is 27. The number of ether oxygens (including phenoxy) is 5. The van der Waals surface area contributed by atoms with Crippen molar-refractivity contribution in [1.29, 1.82) is 0 Å². The fourth-order valence-corrected chi connectivity index (χ4v) is 7.66. The van der Waals surface area contributed by atoms with E-state index < -0.39 is 0 Å². The number of nitrogens with zero attached hydrogens (tertiary/aromatic N) is 5. The third-order valence-electron chi connectivity index (χ3n) is 11.8. The van der Waals surface area contributed by atoms with Gasteiger partial charge in [0.2, 0.25) is 12.8 Å². The number of morpholine rings is 1. The molecule has 7 N–H and O–H groups in total. The van der Waals surface area contributed by atoms with E-state index in [1.807, 2.05) is 33.0 Å². The van der Waals surface area contributed by atoms with Crippen LogP contribution in [0.1, 0.15) is 57.4 Å². The van der Waals surface area contributed by atoms with Crippen LogP contribution in [0.3, 0.4) is 0 Å². The number of nitrogens with two attached hydrogens (primary N) is 2. The molecule has 20 nitrogen and oxygen atoms in total. The van der Waals surface area contributed by atoms with Gasteiger partial charge < -0.3 is 75.1 Å². The van der Waals surface area contributed by atoms with Crippen molar-refractivity contribution in [3.63, 3.8) is 0 Å². The zero-order chi connectivity index (χ0) is 57.1. The summed E-state index contributed by atoms with van der Waals surface area (Å²) in [6, 6.07) is 12.0. The largest absolute Gasteiger partial charge is 0.379 e. The maximum Gasteiger partial charge on any atom is 0.252 e. The van der Waals surface area contributed by atoms with E-state index in [0.717, 1.165) is 113 Å². The van der Waals surface area contributed by atoms with Crippen molar-refractivity contribution >= 4 is 59.4 Å². The molecule has 3 aliphatic heterocycles. The van der Waals surface area contributed by atoms with Crippen LogP contribution in [0.15, 0.2) is 66.2 Å². The van der Waals surface area contributed by atoms with E-state index >= 15 is 0 Å². The van der Waals surface area contributed by atoms with Gasteiger partial charge in [-0.05, 0) is 95.3 Å². The predicted octanol–water partition coefficient (Wildman–Crippen LogP) is 3.96. The summed E-state index contributed by atoms with van der Waals surface area (Å²) in [5, 5.41) is 9.93. The van der Waals surface area contributed by atoms with Gasteiger partial charge in [-0.25, -0.2) is 9.38 Å². The van der Waals surface area contributed by atoms with Crippen LogP contribution in [-0.2, 0) is 73.6 Å². The molecule has 77 heavy (non-hydrogen) atoms. The Balaban J connectivity index is 0.000000586. The summed E-state index contributed by atoms with van der Waals surface area (Å²) in [6.45, 7) is 23.7. The summed E-state index contributed by atoms with van der Waals surface area (Å²) in [5.74, 6) is 1.05. The van der Waals surface area contributed by atoms with E-state index in [9.17, 15) is 23.6 Å². The molecule has 2 aromatic carbocycles. The van der Waals surface area contributed by atoms with Gasteiger partial charge in [0, 0.05) is 74.4 Å². The van der Waals surface area contributed by atoms with E-state index in [1.54, 1.807) is 39.2 Å². The number of allylic oxidation sites excluding steroid dienone is 1. The first-order valence-electron chi connectivity index (χ1n) is 26.5. The normalized spacial score (nSPS) is 13.6. The maximum atomic E-state index is 14.1. The molecule has 0 radical (unpaired) electrons. The fraction of sp³-hybridized carbons (Fsp3) is 0.571. The Morgan fingerprint density at radius 2 is 1.55 bits per heavy atom. The number of amidine groups is 1. The minimum absolute atomic E-state index is 0.0231. The number of carbonyl (C=O) groups excluding carboxylic acids is 5. The molecule has 4 heterocycles. The Kier molecular flexibility index (Phi) is 39.8. The number of hydrogen-bond acceptors (Lipinski definition) is 17. The van der Waals surface area contributed by atoms with Crippen LogP contribution in [0.25, 0.3) is 10.9 Å². The quantitative estimate of drug-likeness (QED) is 0.0314. The smallest absolute Gasteiger partial charge is 0.252 e. The molecule has 3 aromatic rings. The van der Waals surface area contributed by atoms with E-state index in [-0.39, 0.29) is 37.3 Å². The molecule has 1 aromatic heterocycles. The highest BCUT2D eigenvalue weighted by Crippen LogP contribution is 2.37. The molecule has 0 bridgehead atoms. The molecule has 0 saturated carbocycles. The molecular weight excluding hydrogens is 992 g/mol. The molecule has 0 spiro atoms. The number of carbonyl (C=O) groups is 5. The summed E-state index contributed by atoms with van der Waals surface area (Å²) < 4.78 is 43.1. The minimum atomic E-state index is -0.349. The number of fused-ring (bicyclic) bond motifs is 4. The van der Waals surface area contributed by atoms with Gasteiger partial charge in [-0.1, -0.05) is 39.0 Å². The highest BCUT2D eigenvalue weighted by Gasteiger charge is 2.27. The predicted molar refractivity (Wildman–Crippen MR) is 304 cm³/mol. The third-order valence-corrected chi connectivity index (χ3v) is 11.8. The average molecular weight is 1080 g/mol. The number of amides is 3. The first-order valence-corrected chi connectivity index (χ1v) is 26.5. The highest BCUT2D eigenvalue weighted by atomic mass is 19.1. The second kappa shape index (κ2) is 44.3. The van der Waals surface area contributed by atoms with Crippen molar-refractivity contribution in [1.82, 2.24) is 30.3 Å². The molecule has 3 amide bonds. The van der Waals surface area contributed by atoms with Crippen LogP contribution >= 0.6 is 0 Å². The first kappa shape index (κ1) is 69.3. The summed E-state index contributed by atoms with van der Waals surface area (Å²) in [5.41, 5.74) is 16.5. The number of hydrogen-bond donors (Lipinski definition) is 5. The van der Waals surface area contributed by atoms with Gasteiger partial charge in [0.25, 0.3) is 5.91 Å². The van der Waals surface area contributed by atoms with Crippen molar-refractivity contribution in [3.05, 3.63) is 83.8 Å². The highest BCUT2D eigenvalue weighted by molar-refractivity contribution is 5.94. The van der Waals surface area contributed by atoms with Crippen molar-refractivity contribution in [2.75, 3.05) is 138 Å². The van der Waals surface area contributed by atoms with Gasteiger partial charge >= 0.3 is 0 Å². The van der Waals surface area contributed by atoms with Crippen LogP contribution in [0.5, 0.6) is 0 Å². The lowest BCUT2D eigenvalue weighted by Crippen LogP contribution is -2.40. The number of benzene rings is 2. The molecule has 1 atom stereocenters. The zero-order valence-electron chi connectivity index (χ0n) is 47.0. The van der Waals surface area contributed by atoms with Crippen molar-refractivity contribution in [2.24, 2.45) is 22.4 Å². The van der Waals surface area contributed by atoms with Crippen molar-refractivity contribution in [3.8, 4) is 0 Å². The molecule has 21 heteroatoms. The second-order valence-corrected chi connectivity index (χ2v) is 17.6. The van der Waals surface area contributed by atoms with Crippen LogP contribution < -0.4 is 32.3 Å². The molecule has 1 saturated heterocycles. The second-order valence-electron chi connectivity index (χ2n) is 17.6. The van der Waals surface area contributed by atoms with E-state index in [4.69, 9.17) is 39.2 Å². The van der Waals surface area contributed by atoms with Gasteiger partial charge in [0.1, 0.15) is 24.2 Å². The van der Waals surface area contributed by atoms with E-state index in [0.29, 0.717) is 65.1 Å². The van der Waals surface area contributed by atoms with Gasteiger partial charge in [0.15, 0.2) is 0 Å². The molecule has 6 rings (SSSR count). The lowest BCUT2D eigenvalue weighted by Gasteiger charge is -2.30. The number of primary amides is 1. The van der Waals surface area contributed by atoms with Crippen LogP contribution in [0.4, 0.5) is 15.8 Å². The van der Waals surface area contributed by atoms with Crippen LogP contribution in [0, 0.1) is 11.7 Å². The number of aliphatic imine (C=N–C) groups is 1. The number of imide groups is 1. The lowest BCUT2D eigenvalue weighted by molar-refractivity contribution is -0.135. The average Bonchev–Trinajstić information content (AvgIpc) is 4.01. The number of nitrogens with one attached hydrogen (secondary N) is 3. The number of anilines is 1. The molecule has 1 unspecified atom stereocenters. The Labute approximate surface area is 457 Å². The monoisotopic (exact) mass is 1080 g/mol. The number of aldehydes is 2. The summed E-state index contributed by atoms with van der Waals surface area (Å²) in [7, 11) is 5.48. The van der Waals surface area contributed by atoms with Gasteiger partial charge in [-0.15, -0.1) is 6.58 Å². The van der Waals surface area contributed by atoms with Gasteiger partial charge in [-0.2, -0.15) is 0 Å².